The van der Waals surface area contributed by atoms with Gasteiger partial charge < -0.3 is 14.9 Å². The van der Waals surface area contributed by atoms with E-state index in [2.05, 4.69) is 32.0 Å². The van der Waals surface area contributed by atoms with Gasteiger partial charge in [0.15, 0.2) is 0 Å². The van der Waals surface area contributed by atoms with E-state index in [1.807, 2.05) is 41.3 Å². The number of hydrogen-bond acceptors (Lipinski definition) is 4. The zero-order valence-electron chi connectivity index (χ0n) is 16.8. The summed E-state index contributed by atoms with van der Waals surface area (Å²) in [6, 6.07) is 15.8. The molecule has 1 amide bonds. The molecule has 7 nitrogen and oxygen atoms in total. The zero-order chi connectivity index (χ0) is 20.7. The Labute approximate surface area is 173 Å². The molecular weight excluding hydrogens is 378 g/mol. The highest BCUT2D eigenvalue weighted by molar-refractivity contribution is 5.85. The molecular formula is C23H23N5O2. The van der Waals surface area contributed by atoms with Crippen molar-refractivity contribution in [2.24, 2.45) is 0 Å². The van der Waals surface area contributed by atoms with Crippen LogP contribution in [0, 0.1) is 0 Å². The molecule has 1 aliphatic heterocycles. The van der Waals surface area contributed by atoms with Crippen molar-refractivity contribution in [3.8, 4) is 11.4 Å². The molecule has 0 radical (unpaired) electrons. The molecule has 0 aliphatic carbocycles. The van der Waals surface area contributed by atoms with Crippen molar-refractivity contribution in [2.75, 3.05) is 26.2 Å². The Hall–Kier alpha value is -3.45. The summed E-state index contributed by atoms with van der Waals surface area (Å²) in [6.07, 6.45) is 0. The number of aromatic nitrogens is 3. The van der Waals surface area contributed by atoms with Gasteiger partial charge in [0.25, 0.3) is 5.56 Å². The number of benzene rings is 2. The fourth-order valence-corrected chi connectivity index (χ4v) is 4.09. The lowest BCUT2D eigenvalue weighted by atomic mass is 10.1. The average Bonchev–Trinajstić information content (AvgIpc) is 3.16. The van der Waals surface area contributed by atoms with E-state index in [-0.39, 0.29) is 11.5 Å². The predicted molar refractivity (Wildman–Crippen MR) is 117 cm³/mol. The first-order valence-corrected chi connectivity index (χ1v) is 10.2. The molecule has 2 aromatic carbocycles. The molecule has 0 spiro atoms. The normalized spacial score (nSPS) is 15.2. The molecule has 0 atom stereocenters. The van der Waals surface area contributed by atoms with Gasteiger partial charge in [-0.25, -0.2) is 4.98 Å². The van der Waals surface area contributed by atoms with E-state index in [0.717, 1.165) is 54.7 Å². The number of fused-ring (bicyclic) bond motifs is 2. The standard InChI is InChI=1S/C23H23N5O2/c1-15(29)28-10-8-27(9-11-28)14-16-6-7-20-21(12-16)25-22(24-20)18-13-17-4-2-3-5-19(17)26-23(18)30/h2-7,12-13H,8-11,14H2,1H3,(H,24,25)(H,26,30). The second kappa shape index (κ2) is 7.42. The molecule has 2 aromatic heterocycles. The van der Waals surface area contributed by atoms with Crippen LogP contribution in [0.25, 0.3) is 33.3 Å². The third-order valence-electron chi connectivity index (χ3n) is 5.78. The monoisotopic (exact) mass is 401 g/mol. The van der Waals surface area contributed by atoms with Crippen LogP contribution in [-0.2, 0) is 11.3 Å². The number of H-pyrrole nitrogens is 2. The fraction of sp³-hybridized carbons (Fsp3) is 0.261. The third kappa shape index (κ3) is 3.48. The van der Waals surface area contributed by atoms with Gasteiger partial charge in [-0.2, -0.15) is 0 Å². The van der Waals surface area contributed by atoms with E-state index in [1.165, 1.54) is 5.56 Å². The first-order valence-electron chi connectivity index (χ1n) is 10.2. The van der Waals surface area contributed by atoms with Crippen LogP contribution in [0.15, 0.2) is 53.3 Å². The smallest absolute Gasteiger partial charge is 0.259 e. The summed E-state index contributed by atoms with van der Waals surface area (Å²) in [5.41, 5.74) is 4.12. The van der Waals surface area contributed by atoms with Crippen LogP contribution in [0.3, 0.4) is 0 Å². The Morgan fingerprint density at radius 3 is 2.60 bits per heavy atom. The van der Waals surface area contributed by atoms with Crippen molar-refractivity contribution in [1.82, 2.24) is 24.8 Å². The summed E-state index contributed by atoms with van der Waals surface area (Å²) in [7, 11) is 0. The fourth-order valence-electron chi connectivity index (χ4n) is 4.09. The molecule has 152 valence electrons. The Morgan fingerprint density at radius 1 is 1.00 bits per heavy atom. The van der Waals surface area contributed by atoms with E-state index >= 15 is 0 Å². The van der Waals surface area contributed by atoms with Crippen LogP contribution >= 0.6 is 0 Å². The summed E-state index contributed by atoms with van der Waals surface area (Å²) in [6.45, 7) is 5.75. The lowest BCUT2D eigenvalue weighted by Crippen LogP contribution is -2.47. The molecule has 7 heteroatoms. The van der Waals surface area contributed by atoms with E-state index in [4.69, 9.17) is 0 Å². The minimum Gasteiger partial charge on any atom is -0.340 e. The summed E-state index contributed by atoms with van der Waals surface area (Å²) >= 11 is 0. The lowest BCUT2D eigenvalue weighted by molar-refractivity contribution is -0.130. The molecule has 3 heterocycles. The minimum atomic E-state index is -0.156. The Balaban J connectivity index is 1.40. The SMILES string of the molecule is CC(=O)N1CCN(Cc2ccc3nc(-c4cc5ccccc5[nH]c4=O)[nH]c3c2)CC1. The number of carbonyl (C=O) groups is 1. The largest absolute Gasteiger partial charge is 0.340 e. The van der Waals surface area contributed by atoms with Gasteiger partial charge >= 0.3 is 0 Å². The highest BCUT2D eigenvalue weighted by atomic mass is 16.2. The van der Waals surface area contributed by atoms with Gasteiger partial charge in [0.1, 0.15) is 5.82 Å². The number of para-hydroxylation sites is 1. The highest BCUT2D eigenvalue weighted by Crippen LogP contribution is 2.22. The average molecular weight is 401 g/mol. The maximum atomic E-state index is 12.6. The Morgan fingerprint density at radius 2 is 1.80 bits per heavy atom. The molecule has 30 heavy (non-hydrogen) atoms. The van der Waals surface area contributed by atoms with Gasteiger partial charge in [0.2, 0.25) is 5.91 Å². The van der Waals surface area contributed by atoms with Crippen LogP contribution in [0.2, 0.25) is 0 Å². The summed E-state index contributed by atoms with van der Waals surface area (Å²) in [5, 5.41) is 0.970. The zero-order valence-corrected chi connectivity index (χ0v) is 16.8. The van der Waals surface area contributed by atoms with E-state index in [0.29, 0.717) is 11.4 Å². The Bertz CT molecular complexity index is 1300. The molecule has 1 saturated heterocycles. The predicted octanol–water partition coefficient (Wildman–Crippen LogP) is 2.74. The second-order valence-electron chi connectivity index (χ2n) is 7.82. The van der Waals surface area contributed by atoms with Crippen LogP contribution in [0.1, 0.15) is 12.5 Å². The number of pyridine rings is 1. The van der Waals surface area contributed by atoms with Crippen molar-refractivity contribution in [1.29, 1.82) is 0 Å². The van der Waals surface area contributed by atoms with Gasteiger partial charge in [-0.15, -0.1) is 0 Å². The Kier molecular flexibility index (Phi) is 4.59. The molecule has 0 unspecified atom stereocenters. The van der Waals surface area contributed by atoms with E-state index in [1.54, 1.807) is 6.92 Å². The van der Waals surface area contributed by atoms with Crippen molar-refractivity contribution in [2.45, 2.75) is 13.5 Å². The molecule has 0 bridgehead atoms. The number of aromatic amines is 2. The quantitative estimate of drug-likeness (QED) is 0.553. The van der Waals surface area contributed by atoms with Gasteiger partial charge in [0.05, 0.1) is 16.6 Å². The molecule has 2 N–H and O–H groups in total. The maximum absolute atomic E-state index is 12.6. The number of amides is 1. The van der Waals surface area contributed by atoms with Crippen LogP contribution in [0.4, 0.5) is 0 Å². The molecule has 1 aliphatic rings. The van der Waals surface area contributed by atoms with Crippen molar-refractivity contribution in [3.05, 3.63) is 64.4 Å². The number of piperazine rings is 1. The van der Waals surface area contributed by atoms with Crippen LogP contribution < -0.4 is 5.56 Å². The van der Waals surface area contributed by atoms with Gasteiger partial charge in [-0.3, -0.25) is 14.5 Å². The first kappa shape index (κ1) is 18.6. The minimum absolute atomic E-state index is 0.143. The number of nitrogens with zero attached hydrogens (tertiary/aromatic N) is 3. The molecule has 4 aromatic rings. The number of carbonyl (C=O) groups excluding carboxylic acids is 1. The van der Waals surface area contributed by atoms with Gasteiger partial charge in [-0.1, -0.05) is 24.3 Å². The van der Waals surface area contributed by atoms with Gasteiger partial charge in [-0.05, 0) is 35.2 Å². The highest BCUT2D eigenvalue weighted by Gasteiger charge is 2.19. The van der Waals surface area contributed by atoms with Crippen molar-refractivity contribution in [3.63, 3.8) is 0 Å². The summed E-state index contributed by atoms with van der Waals surface area (Å²) < 4.78 is 0. The molecule has 1 fully saturated rings. The number of rotatable bonds is 3. The summed E-state index contributed by atoms with van der Waals surface area (Å²) in [5.74, 6) is 0.717. The van der Waals surface area contributed by atoms with Crippen molar-refractivity contribution >= 4 is 27.8 Å². The van der Waals surface area contributed by atoms with E-state index < -0.39 is 0 Å². The second-order valence-corrected chi connectivity index (χ2v) is 7.82. The van der Waals surface area contributed by atoms with E-state index in [9.17, 15) is 9.59 Å². The molecule has 5 rings (SSSR count). The number of nitrogens with one attached hydrogen (secondary N) is 2. The van der Waals surface area contributed by atoms with Crippen LogP contribution in [-0.4, -0.2) is 56.8 Å². The topological polar surface area (TPSA) is 85.1 Å². The maximum Gasteiger partial charge on any atom is 0.259 e. The third-order valence-corrected chi connectivity index (χ3v) is 5.78. The van der Waals surface area contributed by atoms with Crippen LogP contribution in [0.5, 0.6) is 0 Å². The van der Waals surface area contributed by atoms with Gasteiger partial charge in [0, 0.05) is 45.2 Å². The number of imidazole rings is 1. The number of hydrogen-bond donors (Lipinski definition) is 2. The molecule has 0 saturated carbocycles. The van der Waals surface area contributed by atoms with Crippen molar-refractivity contribution < 1.29 is 4.79 Å². The first-order chi connectivity index (χ1) is 14.6. The summed E-state index contributed by atoms with van der Waals surface area (Å²) in [4.78, 5) is 39.2. The lowest BCUT2D eigenvalue weighted by Gasteiger charge is -2.34.